The Morgan fingerprint density at radius 3 is 2.55 bits per heavy atom. The van der Waals surface area contributed by atoms with E-state index in [1.165, 1.54) is 6.42 Å². The molecule has 0 unspecified atom stereocenters. The van der Waals surface area contributed by atoms with Crippen molar-refractivity contribution in [1.29, 1.82) is 0 Å². The van der Waals surface area contributed by atoms with Crippen molar-refractivity contribution < 1.29 is 18.1 Å². The van der Waals surface area contributed by atoms with Gasteiger partial charge in [0, 0.05) is 12.6 Å². The molecule has 0 radical (unpaired) electrons. The molecule has 0 aromatic heterocycles. The number of rotatable bonds is 5. The van der Waals surface area contributed by atoms with Crippen molar-refractivity contribution in [3.8, 4) is 0 Å². The number of benzene rings is 1. The van der Waals surface area contributed by atoms with Crippen LogP contribution in [0.3, 0.4) is 0 Å². The molecular formula is C13H15F3N2O2. The summed E-state index contributed by atoms with van der Waals surface area (Å²) in [6.45, 7) is 0.539. The monoisotopic (exact) mass is 288 g/mol. The van der Waals surface area contributed by atoms with E-state index in [1.807, 2.05) is 0 Å². The van der Waals surface area contributed by atoms with Crippen molar-refractivity contribution in [2.45, 2.75) is 31.9 Å². The minimum absolute atomic E-state index is 0.141. The minimum Gasteiger partial charge on any atom is -0.379 e. The first-order valence-electron chi connectivity index (χ1n) is 6.47. The molecule has 1 aromatic rings. The molecule has 0 bridgehead atoms. The van der Waals surface area contributed by atoms with Gasteiger partial charge in [0.15, 0.2) is 0 Å². The summed E-state index contributed by atoms with van der Waals surface area (Å²) in [5.74, 6) is 0.635. The molecule has 0 heterocycles. The third-order valence-corrected chi connectivity index (χ3v) is 3.61. The molecule has 0 spiro atoms. The van der Waals surface area contributed by atoms with Crippen LogP contribution in [-0.2, 0) is 6.18 Å². The molecule has 1 aliphatic carbocycles. The van der Waals surface area contributed by atoms with Gasteiger partial charge in [-0.1, -0.05) is 19.3 Å². The fraction of sp³-hybridized carbons (Fsp3) is 0.538. The second kappa shape index (κ2) is 5.68. The van der Waals surface area contributed by atoms with Crippen LogP contribution < -0.4 is 5.32 Å². The number of hydrogen-bond donors (Lipinski definition) is 1. The van der Waals surface area contributed by atoms with Crippen molar-refractivity contribution in [3.05, 3.63) is 33.9 Å². The van der Waals surface area contributed by atoms with Gasteiger partial charge in [0.1, 0.15) is 5.69 Å². The van der Waals surface area contributed by atoms with E-state index < -0.39 is 22.4 Å². The summed E-state index contributed by atoms with van der Waals surface area (Å²) < 4.78 is 37.6. The van der Waals surface area contributed by atoms with Crippen LogP contribution in [0.15, 0.2) is 18.2 Å². The number of hydrogen-bond acceptors (Lipinski definition) is 3. The van der Waals surface area contributed by atoms with E-state index in [9.17, 15) is 23.3 Å². The molecule has 0 aliphatic heterocycles. The van der Waals surface area contributed by atoms with Crippen LogP contribution in [0, 0.1) is 16.0 Å². The van der Waals surface area contributed by atoms with Crippen molar-refractivity contribution in [1.82, 2.24) is 0 Å². The Labute approximate surface area is 114 Å². The van der Waals surface area contributed by atoms with Crippen LogP contribution in [0.4, 0.5) is 24.5 Å². The van der Waals surface area contributed by atoms with E-state index >= 15 is 0 Å². The van der Waals surface area contributed by atoms with Gasteiger partial charge in [0.2, 0.25) is 0 Å². The summed E-state index contributed by atoms with van der Waals surface area (Å²) in [5, 5.41) is 13.7. The van der Waals surface area contributed by atoms with Gasteiger partial charge >= 0.3 is 6.18 Å². The lowest BCUT2D eigenvalue weighted by atomic mass is 9.83. The molecule has 0 amide bonds. The average molecular weight is 288 g/mol. The zero-order valence-electron chi connectivity index (χ0n) is 10.7. The molecule has 1 saturated carbocycles. The zero-order chi connectivity index (χ0) is 14.8. The Bertz CT molecular complexity index is 499. The first-order valence-corrected chi connectivity index (χ1v) is 6.47. The van der Waals surface area contributed by atoms with Crippen LogP contribution >= 0.6 is 0 Å². The lowest BCUT2D eigenvalue weighted by Gasteiger charge is -2.25. The maximum absolute atomic E-state index is 12.5. The Morgan fingerprint density at radius 1 is 1.35 bits per heavy atom. The average Bonchev–Trinajstić information content (AvgIpc) is 2.31. The summed E-state index contributed by atoms with van der Waals surface area (Å²) in [4.78, 5) is 10.1. The molecule has 20 heavy (non-hydrogen) atoms. The second-order valence-electron chi connectivity index (χ2n) is 5.00. The standard InChI is InChI=1S/C13H15F3N2O2/c14-13(15,16)10-4-5-11(12(8-10)18(19)20)17-7-6-9-2-1-3-9/h4-5,8-9,17H,1-3,6-7H2. The van der Waals surface area contributed by atoms with Gasteiger partial charge in [-0.05, 0) is 24.5 Å². The van der Waals surface area contributed by atoms with Gasteiger partial charge in [0.25, 0.3) is 5.69 Å². The largest absolute Gasteiger partial charge is 0.416 e. The molecule has 0 saturated heterocycles. The van der Waals surface area contributed by atoms with Gasteiger partial charge in [0.05, 0.1) is 10.5 Å². The number of halogens is 3. The SMILES string of the molecule is O=[N+]([O-])c1cc(C(F)(F)F)ccc1NCCC1CCC1. The lowest BCUT2D eigenvalue weighted by molar-refractivity contribution is -0.384. The molecule has 2 rings (SSSR count). The van der Waals surface area contributed by atoms with Gasteiger partial charge < -0.3 is 5.32 Å². The Morgan fingerprint density at radius 2 is 2.05 bits per heavy atom. The highest BCUT2D eigenvalue weighted by molar-refractivity contribution is 5.62. The highest BCUT2D eigenvalue weighted by Crippen LogP contribution is 2.35. The third-order valence-electron chi connectivity index (χ3n) is 3.61. The highest BCUT2D eigenvalue weighted by Gasteiger charge is 2.33. The van der Waals surface area contributed by atoms with Gasteiger partial charge in [-0.2, -0.15) is 13.2 Å². The Kier molecular flexibility index (Phi) is 4.15. The molecular weight excluding hydrogens is 273 g/mol. The summed E-state index contributed by atoms with van der Waals surface area (Å²) in [7, 11) is 0. The molecule has 7 heteroatoms. The number of nitrogens with zero attached hydrogens (tertiary/aromatic N) is 1. The van der Waals surface area contributed by atoms with Crippen molar-refractivity contribution >= 4 is 11.4 Å². The predicted octanol–water partition coefficient (Wildman–Crippen LogP) is 4.22. The topological polar surface area (TPSA) is 55.2 Å². The number of nitro benzene ring substituents is 1. The van der Waals surface area contributed by atoms with E-state index in [1.54, 1.807) is 0 Å². The lowest BCUT2D eigenvalue weighted by Crippen LogP contribution is -2.16. The predicted molar refractivity (Wildman–Crippen MR) is 68.5 cm³/mol. The molecule has 1 fully saturated rings. The van der Waals surface area contributed by atoms with E-state index in [0.29, 0.717) is 18.5 Å². The Hall–Kier alpha value is -1.79. The second-order valence-corrected chi connectivity index (χ2v) is 5.00. The first-order chi connectivity index (χ1) is 9.38. The maximum atomic E-state index is 12.5. The summed E-state index contributed by atoms with van der Waals surface area (Å²) in [6.07, 6.45) is -0.147. The molecule has 110 valence electrons. The van der Waals surface area contributed by atoms with Crippen LogP contribution in [0.1, 0.15) is 31.2 Å². The van der Waals surface area contributed by atoms with E-state index in [0.717, 1.165) is 31.4 Å². The fourth-order valence-corrected chi connectivity index (χ4v) is 2.20. The van der Waals surface area contributed by atoms with Crippen LogP contribution in [-0.4, -0.2) is 11.5 Å². The number of nitro groups is 1. The molecule has 1 N–H and O–H groups in total. The van der Waals surface area contributed by atoms with Crippen molar-refractivity contribution in [2.75, 3.05) is 11.9 Å². The van der Waals surface area contributed by atoms with Crippen LogP contribution in [0.2, 0.25) is 0 Å². The minimum atomic E-state index is -4.57. The van der Waals surface area contributed by atoms with Gasteiger partial charge in [-0.25, -0.2) is 0 Å². The normalized spacial score (nSPS) is 15.8. The number of nitrogens with one attached hydrogen (secondary N) is 1. The van der Waals surface area contributed by atoms with Crippen molar-refractivity contribution in [3.63, 3.8) is 0 Å². The first kappa shape index (κ1) is 14.6. The van der Waals surface area contributed by atoms with Gasteiger partial charge in [-0.15, -0.1) is 0 Å². The summed E-state index contributed by atoms with van der Waals surface area (Å²) >= 11 is 0. The summed E-state index contributed by atoms with van der Waals surface area (Å²) in [6, 6.07) is 2.56. The molecule has 0 atom stereocenters. The number of alkyl halides is 3. The van der Waals surface area contributed by atoms with E-state index in [2.05, 4.69) is 5.32 Å². The van der Waals surface area contributed by atoms with E-state index in [4.69, 9.17) is 0 Å². The molecule has 1 aliphatic rings. The molecule has 1 aromatic carbocycles. The number of anilines is 1. The Balaban J connectivity index is 2.08. The van der Waals surface area contributed by atoms with E-state index in [-0.39, 0.29) is 5.69 Å². The third kappa shape index (κ3) is 3.40. The van der Waals surface area contributed by atoms with Gasteiger partial charge in [-0.3, -0.25) is 10.1 Å². The van der Waals surface area contributed by atoms with Crippen LogP contribution in [0.5, 0.6) is 0 Å². The highest BCUT2D eigenvalue weighted by atomic mass is 19.4. The molecule has 4 nitrogen and oxygen atoms in total. The fourth-order valence-electron chi connectivity index (χ4n) is 2.20. The smallest absolute Gasteiger partial charge is 0.379 e. The summed E-state index contributed by atoms with van der Waals surface area (Å²) in [5.41, 5.74) is -1.40. The quantitative estimate of drug-likeness (QED) is 0.652. The van der Waals surface area contributed by atoms with Crippen molar-refractivity contribution in [2.24, 2.45) is 5.92 Å². The maximum Gasteiger partial charge on any atom is 0.416 e. The van der Waals surface area contributed by atoms with Crippen LogP contribution in [0.25, 0.3) is 0 Å². The zero-order valence-corrected chi connectivity index (χ0v) is 10.7.